The van der Waals surface area contributed by atoms with Crippen LogP contribution < -0.4 is 14.8 Å². The molecule has 0 aliphatic carbocycles. The second-order valence-corrected chi connectivity index (χ2v) is 7.60. The molecule has 2 aromatic carbocycles. The Morgan fingerprint density at radius 3 is 2.77 bits per heavy atom. The highest BCUT2D eigenvalue weighted by atomic mass is 35.5. The van der Waals surface area contributed by atoms with Crippen molar-refractivity contribution in [3.8, 4) is 11.5 Å². The molecule has 1 saturated heterocycles. The summed E-state index contributed by atoms with van der Waals surface area (Å²) in [5.74, 6) is 0.957. The summed E-state index contributed by atoms with van der Waals surface area (Å²) in [5.41, 5.74) is 1.34. The predicted molar refractivity (Wildman–Crippen MR) is 116 cm³/mol. The Bertz CT molecular complexity index is 887. The number of nitrogens with one attached hydrogen (secondary N) is 1. The summed E-state index contributed by atoms with van der Waals surface area (Å²) in [6.07, 6.45) is 3.65. The molecule has 2 aromatic rings. The summed E-state index contributed by atoms with van der Waals surface area (Å²) in [7, 11) is 1.53. The van der Waals surface area contributed by atoms with Crippen LogP contribution in [0.2, 0.25) is 5.02 Å². The monoisotopic (exact) mass is 430 g/mol. The lowest BCUT2D eigenvalue weighted by Gasteiger charge is -2.20. The van der Waals surface area contributed by atoms with Crippen molar-refractivity contribution in [1.82, 2.24) is 10.2 Å². The smallest absolute Gasteiger partial charge is 0.251 e. The minimum atomic E-state index is -0.215. The third-order valence-electron chi connectivity index (χ3n) is 5.11. The molecule has 3 rings (SSSR count). The lowest BCUT2D eigenvalue weighted by Crippen LogP contribution is -2.38. The van der Waals surface area contributed by atoms with Gasteiger partial charge in [-0.05, 0) is 37.1 Å². The zero-order valence-corrected chi connectivity index (χ0v) is 17.9. The van der Waals surface area contributed by atoms with Crippen LogP contribution in [0.4, 0.5) is 0 Å². The van der Waals surface area contributed by atoms with Crippen molar-refractivity contribution < 1.29 is 19.1 Å². The normalized spacial score (nSPS) is 14.2. The highest BCUT2D eigenvalue weighted by Crippen LogP contribution is 2.29. The van der Waals surface area contributed by atoms with Crippen molar-refractivity contribution in [2.45, 2.75) is 32.3 Å². The molecule has 0 atom stereocenters. The van der Waals surface area contributed by atoms with Crippen LogP contribution in [0, 0.1) is 0 Å². The molecule has 6 nitrogen and oxygen atoms in total. The van der Waals surface area contributed by atoms with Gasteiger partial charge in [0.1, 0.15) is 6.61 Å². The third kappa shape index (κ3) is 5.89. The van der Waals surface area contributed by atoms with Gasteiger partial charge >= 0.3 is 0 Å². The van der Waals surface area contributed by atoms with Gasteiger partial charge in [-0.2, -0.15) is 0 Å². The fraction of sp³-hybridized carbons (Fsp3) is 0.391. The minimum absolute atomic E-state index is 0.170. The maximum absolute atomic E-state index is 12.5. The number of rotatable bonds is 8. The van der Waals surface area contributed by atoms with E-state index in [2.05, 4.69) is 5.32 Å². The summed E-state index contributed by atoms with van der Waals surface area (Å²) in [6.45, 7) is 2.00. The average molecular weight is 431 g/mol. The number of amides is 2. The Kier molecular flexibility index (Phi) is 7.97. The van der Waals surface area contributed by atoms with Gasteiger partial charge in [0.05, 0.1) is 7.11 Å². The van der Waals surface area contributed by atoms with E-state index in [1.807, 2.05) is 29.2 Å². The molecule has 30 heavy (non-hydrogen) atoms. The third-order valence-corrected chi connectivity index (χ3v) is 5.47. The molecule has 0 spiro atoms. The highest BCUT2D eigenvalue weighted by molar-refractivity contribution is 6.31. The molecule has 1 N–H and O–H groups in total. The van der Waals surface area contributed by atoms with E-state index in [1.165, 1.54) is 7.11 Å². The molecule has 7 heteroatoms. The van der Waals surface area contributed by atoms with Crippen LogP contribution in [-0.2, 0) is 11.4 Å². The van der Waals surface area contributed by atoms with Gasteiger partial charge in [0.15, 0.2) is 11.5 Å². The zero-order valence-electron chi connectivity index (χ0n) is 17.2. The van der Waals surface area contributed by atoms with Gasteiger partial charge in [0.2, 0.25) is 5.91 Å². The van der Waals surface area contributed by atoms with Crippen molar-refractivity contribution in [3.63, 3.8) is 0 Å². The number of ether oxygens (including phenoxy) is 2. The molecule has 1 aliphatic heterocycles. The summed E-state index contributed by atoms with van der Waals surface area (Å²) >= 11 is 6.16. The topological polar surface area (TPSA) is 67.9 Å². The van der Waals surface area contributed by atoms with Crippen LogP contribution >= 0.6 is 11.6 Å². The molecule has 2 amide bonds. The van der Waals surface area contributed by atoms with Crippen LogP contribution in [0.5, 0.6) is 11.5 Å². The number of hydrogen-bond acceptors (Lipinski definition) is 4. The van der Waals surface area contributed by atoms with Gasteiger partial charge in [-0.3, -0.25) is 9.59 Å². The Labute approximate surface area is 182 Å². The number of likely N-dealkylation sites (tertiary alicyclic amines) is 1. The summed E-state index contributed by atoms with van der Waals surface area (Å²) in [4.78, 5) is 26.4. The Morgan fingerprint density at radius 1 is 1.13 bits per heavy atom. The number of halogens is 1. The summed E-state index contributed by atoms with van der Waals surface area (Å²) in [5, 5.41) is 3.51. The molecule has 0 saturated carbocycles. The predicted octanol–water partition coefficient (Wildman–Crippen LogP) is 4.06. The van der Waals surface area contributed by atoms with E-state index in [0.717, 1.165) is 31.4 Å². The van der Waals surface area contributed by atoms with Gasteiger partial charge in [0, 0.05) is 42.2 Å². The maximum Gasteiger partial charge on any atom is 0.251 e. The summed E-state index contributed by atoms with van der Waals surface area (Å²) in [6, 6.07) is 12.5. The Balaban J connectivity index is 1.56. The summed E-state index contributed by atoms with van der Waals surface area (Å²) < 4.78 is 11.2. The minimum Gasteiger partial charge on any atom is -0.493 e. The lowest BCUT2D eigenvalue weighted by atomic mass is 10.2. The quantitative estimate of drug-likeness (QED) is 0.685. The molecule has 0 bridgehead atoms. The average Bonchev–Trinajstić information content (AvgIpc) is 2.97. The van der Waals surface area contributed by atoms with Gasteiger partial charge in [-0.15, -0.1) is 0 Å². The largest absolute Gasteiger partial charge is 0.493 e. The number of hydrogen-bond donors (Lipinski definition) is 1. The molecule has 1 heterocycles. The maximum atomic E-state index is 12.5. The number of benzene rings is 2. The highest BCUT2D eigenvalue weighted by Gasteiger charge is 2.17. The molecular weight excluding hydrogens is 404 g/mol. The van der Waals surface area contributed by atoms with E-state index in [-0.39, 0.29) is 11.8 Å². The van der Waals surface area contributed by atoms with Gasteiger partial charge < -0.3 is 19.7 Å². The van der Waals surface area contributed by atoms with Crippen LogP contribution in [0.1, 0.15) is 41.6 Å². The van der Waals surface area contributed by atoms with Crippen LogP contribution in [0.3, 0.4) is 0 Å². The number of carbonyl (C=O) groups excluding carboxylic acids is 2. The molecule has 0 unspecified atom stereocenters. The van der Waals surface area contributed by atoms with E-state index >= 15 is 0 Å². The first-order chi connectivity index (χ1) is 14.6. The first-order valence-corrected chi connectivity index (χ1v) is 10.6. The second kappa shape index (κ2) is 10.9. The standard InChI is InChI=1S/C23H27ClN2O4/c1-29-21-15-17(10-11-20(21)30-16-18-7-4-5-8-19(18)24)23(28)25-12-14-26-13-6-2-3-9-22(26)27/h4-5,7-8,10-11,15H,2-3,6,9,12-14,16H2,1H3,(H,25,28). The van der Waals surface area contributed by atoms with Crippen molar-refractivity contribution >= 4 is 23.4 Å². The van der Waals surface area contributed by atoms with Gasteiger partial charge in [0.25, 0.3) is 5.91 Å². The Morgan fingerprint density at radius 2 is 1.97 bits per heavy atom. The van der Waals surface area contributed by atoms with Gasteiger partial charge in [-0.25, -0.2) is 0 Å². The fourth-order valence-corrected chi connectivity index (χ4v) is 3.57. The van der Waals surface area contributed by atoms with Gasteiger partial charge in [-0.1, -0.05) is 36.2 Å². The molecule has 160 valence electrons. The van der Waals surface area contributed by atoms with Crippen molar-refractivity contribution in [2.75, 3.05) is 26.7 Å². The van der Waals surface area contributed by atoms with Crippen molar-refractivity contribution in [3.05, 3.63) is 58.6 Å². The van der Waals surface area contributed by atoms with E-state index in [0.29, 0.717) is 48.2 Å². The van der Waals surface area contributed by atoms with E-state index in [4.69, 9.17) is 21.1 Å². The molecule has 1 fully saturated rings. The SMILES string of the molecule is COc1cc(C(=O)NCCN2CCCCCC2=O)ccc1OCc1ccccc1Cl. The number of carbonyl (C=O) groups is 2. The molecule has 1 aliphatic rings. The van der Waals surface area contributed by atoms with E-state index in [9.17, 15) is 9.59 Å². The van der Waals surface area contributed by atoms with Crippen molar-refractivity contribution in [1.29, 1.82) is 0 Å². The first kappa shape index (κ1) is 22.0. The molecule has 0 aromatic heterocycles. The second-order valence-electron chi connectivity index (χ2n) is 7.19. The van der Waals surface area contributed by atoms with Crippen LogP contribution in [0.25, 0.3) is 0 Å². The lowest BCUT2D eigenvalue weighted by molar-refractivity contribution is -0.130. The van der Waals surface area contributed by atoms with Crippen LogP contribution in [-0.4, -0.2) is 43.5 Å². The molecular formula is C23H27ClN2O4. The number of nitrogens with zero attached hydrogens (tertiary/aromatic N) is 1. The first-order valence-electron chi connectivity index (χ1n) is 10.2. The Hall–Kier alpha value is -2.73. The van der Waals surface area contributed by atoms with E-state index < -0.39 is 0 Å². The van der Waals surface area contributed by atoms with Crippen LogP contribution in [0.15, 0.2) is 42.5 Å². The molecule has 0 radical (unpaired) electrons. The number of methoxy groups -OCH3 is 1. The fourth-order valence-electron chi connectivity index (χ4n) is 3.38. The van der Waals surface area contributed by atoms with E-state index in [1.54, 1.807) is 18.2 Å². The zero-order chi connectivity index (χ0) is 21.3. The van der Waals surface area contributed by atoms with Crippen molar-refractivity contribution in [2.24, 2.45) is 0 Å².